The van der Waals surface area contributed by atoms with Crippen LogP contribution in [0.3, 0.4) is 0 Å². The van der Waals surface area contributed by atoms with E-state index < -0.39 is 0 Å². The van der Waals surface area contributed by atoms with E-state index in [-0.39, 0.29) is 5.19 Å². The second-order valence-electron chi connectivity index (χ2n) is 6.14. The summed E-state index contributed by atoms with van der Waals surface area (Å²) in [6, 6.07) is 11.7. The number of fused-ring (bicyclic) bond motifs is 1. The number of hydrogen-bond donors (Lipinski definition) is 0. The summed E-state index contributed by atoms with van der Waals surface area (Å²) in [5.74, 6) is 0. The van der Waals surface area contributed by atoms with Crippen molar-refractivity contribution in [3.05, 3.63) is 52.0 Å². The van der Waals surface area contributed by atoms with Crippen molar-refractivity contribution in [1.82, 2.24) is 9.88 Å². The highest BCUT2D eigenvalue weighted by Crippen LogP contribution is 2.34. The Morgan fingerprint density at radius 1 is 1.04 bits per heavy atom. The van der Waals surface area contributed by atoms with Gasteiger partial charge in [0.2, 0.25) is 0 Å². The van der Waals surface area contributed by atoms with Crippen LogP contribution in [0.1, 0.15) is 5.56 Å². The fourth-order valence-corrected chi connectivity index (χ4v) is 4.57. The largest absolute Gasteiger partial charge is 0.367 e. The van der Waals surface area contributed by atoms with Crippen molar-refractivity contribution in [2.45, 2.75) is 6.54 Å². The molecule has 7 heteroatoms. The van der Waals surface area contributed by atoms with Crippen LogP contribution >= 0.6 is 34.5 Å². The molecule has 0 aliphatic carbocycles. The molecule has 2 aromatic carbocycles. The topological polar surface area (TPSA) is 39.3 Å². The van der Waals surface area contributed by atoms with Crippen LogP contribution in [0.25, 0.3) is 10.2 Å². The Morgan fingerprint density at radius 2 is 1.76 bits per heavy atom. The number of benzene rings is 2. The minimum absolute atomic E-state index is 0.126. The number of anilines is 1. The van der Waals surface area contributed by atoms with Crippen LogP contribution in [-0.2, 0) is 11.7 Å². The van der Waals surface area contributed by atoms with Gasteiger partial charge < -0.3 is 4.90 Å². The molecule has 1 saturated heterocycles. The van der Waals surface area contributed by atoms with E-state index >= 15 is 0 Å². The summed E-state index contributed by atoms with van der Waals surface area (Å²) < 4.78 is 0.957. The lowest BCUT2D eigenvalue weighted by molar-refractivity contribution is 0.250. The van der Waals surface area contributed by atoms with Crippen molar-refractivity contribution in [3.63, 3.8) is 0 Å². The predicted octanol–water partition coefficient (Wildman–Crippen LogP) is 5.07. The third-order valence-corrected chi connectivity index (χ3v) is 5.67. The summed E-state index contributed by atoms with van der Waals surface area (Å²) in [5, 5.41) is 12.8. The Balaban J connectivity index is 1.46. The molecule has 1 fully saturated rings. The minimum atomic E-state index is -0.126. The summed E-state index contributed by atoms with van der Waals surface area (Å²) in [5.41, 5.74) is 3.01. The predicted molar refractivity (Wildman–Crippen MR) is 104 cm³/mol. The van der Waals surface area contributed by atoms with Gasteiger partial charge in [0.15, 0.2) is 0 Å². The number of nitrogens with zero attached hydrogens (tertiary/aromatic N) is 3. The number of hydrogen-bond acceptors (Lipinski definition) is 4. The van der Waals surface area contributed by atoms with Crippen LogP contribution in [0.4, 0.5) is 5.69 Å². The van der Waals surface area contributed by atoms with E-state index in [0.717, 1.165) is 54.2 Å². The van der Waals surface area contributed by atoms with Gasteiger partial charge in [-0.15, -0.1) is 0 Å². The van der Waals surface area contributed by atoms with Gasteiger partial charge >= 0.3 is 5.19 Å². The first-order valence-electron chi connectivity index (χ1n) is 8.07. The smallest absolute Gasteiger partial charge is 0.327 e. The molecule has 1 aliphatic heterocycles. The van der Waals surface area contributed by atoms with Crippen LogP contribution in [-0.4, -0.2) is 36.1 Å². The second kappa shape index (κ2) is 7.00. The maximum atomic E-state index is 11.6. The molecule has 0 N–H and O–H groups in total. The molecule has 0 unspecified atom stereocenters. The zero-order valence-electron chi connectivity index (χ0n) is 13.4. The summed E-state index contributed by atoms with van der Waals surface area (Å²) in [6.07, 6.45) is 0. The molecule has 0 atom stereocenters. The molecular weight excluding hydrogens is 377 g/mol. The normalized spacial score (nSPS) is 15.8. The lowest BCUT2D eigenvalue weighted by Gasteiger charge is -2.36. The van der Waals surface area contributed by atoms with Crippen LogP contribution in [0.15, 0.2) is 36.4 Å². The highest BCUT2D eigenvalue weighted by atomic mass is 35.5. The van der Waals surface area contributed by atoms with Gasteiger partial charge in [-0.3, -0.25) is 10.0 Å². The zero-order chi connectivity index (χ0) is 17.4. The van der Waals surface area contributed by atoms with Crippen LogP contribution < -0.4 is 4.90 Å². The van der Waals surface area contributed by atoms with Crippen molar-refractivity contribution in [1.29, 1.82) is 0 Å². The molecule has 25 heavy (non-hydrogen) atoms. The van der Waals surface area contributed by atoms with Crippen molar-refractivity contribution in [3.8, 4) is 5.19 Å². The minimum Gasteiger partial charge on any atom is -0.367 e. The van der Waals surface area contributed by atoms with Gasteiger partial charge in [-0.05, 0) is 35.9 Å². The summed E-state index contributed by atoms with van der Waals surface area (Å²) >= 11 is 13.4. The number of rotatable bonds is 3. The molecule has 0 amide bonds. The van der Waals surface area contributed by atoms with Crippen molar-refractivity contribution >= 4 is 50.4 Å². The Labute approximate surface area is 160 Å². The molecule has 1 aromatic heterocycles. The van der Waals surface area contributed by atoms with Gasteiger partial charge in [-0.2, -0.15) is 4.98 Å². The van der Waals surface area contributed by atoms with Gasteiger partial charge in [-0.25, -0.2) is 0 Å². The maximum absolute atomic E-state index is 11.6. The third kappa shape index (κ3) is 3.70. The fraction of sp³-hybridized carbons (Fsp3) is 0.278. The molecule has 4 nitrogen and oxygen atoms in total. The van der Waals surface area contributed by atoms with Crippen LogP contribution in [0.2, 0.25) is 10.0 Å². The van der Waals surface area contributed by atoms with E-state index in [9.17, 15) is 5.11 Å². The maximum Gasteiger partial charge on any atom is 0.327 e. The lowest BCUT2D eigenvalue weighted by atomic mass is 10.2. The van der Waals surface area contributed by atoms with Gasteiger partial charge in [0.25, 0.3) is 0 Å². The van der Waals surface area contributed by atoms with Gasteiger partial charge in [0.05, 0.1) is 10.4 Å². The summed E-state index contributed by atoms with van der Waals surface area (Å²) in [6.45, 7) is 4.52. The number of halogens is 2. The first-order valence-corrected chi connectivity index (χ1v) is 9.64. The first-order chi connectivity index (χ1) is 12.1. The van der Waals surface area contributed by atoms with Gasteiger partial charge in [0.1, 0.15) is 5.52 Å². The molecule has 4 rings (SSSR count). The molecule has 129 valence electrons. The van der Waals surface area contributed by atoms with Gasteiger partial charge in [-0.1, -0.05) is 40.6 Å². The van der Waals surface area contributed by atoms with Crippen LogP contribution in [0.5, 0.6) is 5.19 Å². The van der Waals surface area contributed by atoms with Crippen molar-refractivity contribution in [2.24, 2.45) is 0 Å². The van der Waals surface area contributed by atoms with E-state index in [4.69, 9.17) is 23.2 Å². The molecule has 2 heterocycles. The van der Waals surface area contributed by atoms with E-state index in [1.807, 2.05) is 30.3 Å². The molecule has 1 aliphatic rings. The second-order valence-corrected chi connectivity index (χ2v) is 8.01. The number of piperazine rings is 1. The third-order valence-electron chi connectivity index (χ3n) is 4.42. The van der Waals surface area contributed by atoms with E-state index in [0.29, 0.717) is 10.0 Å². The Bertz CT molecular complexity index is 886. The summed E-state index contributed by atoms with van der Waals surface area (Å²) in [4.78, 5) is 8.87. The Hall–Kier alpha value is -1.53. The average Bonchev–Trinajstić information content (AvgIpc) is 2.95. The van der Waals surface area contributed by atoms with Crippen molar-refractivity contribution in [2.75, 3.05) is 31.1 Å². The number of aromatic nitrogens is 1. The number of thiazole rings is 1. The highest BCUT2D eigenvalue weighted by molar-refractivity contribution is 7.20. The first kappa shape index (κ1) is 16.9. The lowest BCUT2D eigenvalue weighted by Crippen LogP contribution is -2.46. The molecule has 0 bridgehead atoms. The van der Waals surface area contributed by atoms with Gasteiger partial charge in [0, 0.05) is 42.8 Å². The molecule has 0 spiro atoms. The SMILES string of the molecule is [O]c1nc2c(N3CCN(Cc4cc(Cl)cc(Cl)c4)CC3)cccc2s1. The zero-order valence-corrected chi connectivity index (χ0v) is 15.7. The monoisotopic (exact) mass is 392 g/mol. The van der Waals surface area contributed by atoms with E-state index in [1.54, 1.807) is 6.07 Å². The summed E-state index contributed by atoms with van der Waals surface area (Å²) in [7, 11) is 0. The highest BCUT2D eigenvalue weighted by Gasteiger charge is 2.20. The molecule has 1 radical (unpaired) electrons. The standard InChI is InChI=1S/C18H16Cl2N3OS/c19-13-8-12(9-14(20)10-13)11-22-4-6-23(7-5-22)15-2-1-3-16-17(15)21-18(24)25-16/h1-3,8-10H,4-7,11H2. The van der Waals surface area contributed by atoms with E-state index in [2.05, 4.69) is 14.8 Å². The quantitative estimate of drug-likeness (QED) is 0.624. The number of para-hydroxylation sites is 1. The molecular formula is C18H16Cl2N3OS. The Kier molecular flexibility index (Phi) is 4.73. The fourth-order valence-electron chi connectivity index (χ4n) is 3.28. The molecule has 0 saturated carbocycles. The molecule has 3 aromatic rings. The van der Waals surface area contributed by atoms with E-state index in [1.165, 1.54) is 11.3 Å². The average molecular weight is 393 g/mol. The van der Waals surface area contributed by atoms with Crippen molar-refractivity contribution < 1.29 is 5.11 Å². The van der Waals surface area contributed by atoms with Crippen LogP contribution in [0, 0.1) is 0 Å². The Morgan fingerprint density at radius 3 is 2.48 bits per heavy atom.